The molecule has 0 saturated heterocycles. The molecule has 0 aliphatic rings. The molecule has 2 rings (SSSR count). The summed E-state index contributed by atoms with van der Waals surface area (Å²) in [4.78, 5) is 0. The van der Waals surface area contributed by atoms with Crippen molar-refractivity contribution in [3.05, 3.63) is 52.5 Å². The topological polar surface area (TPSA) is 9.23 Å². The van der Waals surface area contributed by atoms with Crippen LogP contribution in [0.5, 0.6) is 5.75 Å². The van der Waals surface area contributed by atoms with Gasteiger partial charge in [0.2, 0.25) is 0 Å². The Morgan fingerprint density at radius 1 is 0.944 bits per heavy atom. The molecular weight excluding hydrogens is 281 g/mol. The van der Waals surface area contributed by atoms with Crippen LogP contribution < -0.4 is 4.74 Å². The number of halogens is 4. The first-order chi connectivity index (χ1) is 8.58. The van der Waals surface area contributed by atoms with E-state index in [1.54, 1.807) is 30.3 Å². The molecule has 2 aromatic rings. The fourth-order valence-electron chi connectivity index (χ4n) is 1.54. The van der Waals surface area contributed by atoms with Gasteiger partial charge in [-0.3, -0.25) is 0 Å². The summed E-state index contributed by atoms with van der Waals surface area (Å²) < 4.78 is 28.3. The maximum atomic E-state index is 12.0. The molecular formula is C13H8Cl2F2O. The fraction of sp³-hybridized carbons (Fsp3) is 0.0769. The molecule has 0 fully saturated rings. The van der Waals surface area contributed by atoms with Gasteiger partial charge in [0.1, 0.15) is 5.75 Å². The van der Waals surface area contributed by atoms with Gasteiger partial charge in [-0.1, -0.05) is 47.5 Å². The van der Waals surface area contributed by atoms with E-state index in [4.69, 9.17) is 23.2 Å². The van der Waals surface area contributed by atoms with Crippen LogP contribution in [0.15, 0.2) is 42.5 Å². The van der Waals surface area contributed by atoms with Gasteiger partial charge in [-0.05, 0) is 23.8 Å². The third kappa shape index (κ3) is 2.92. The standard InChI is InChI=1S/C13H8Cl2F2O/c14-11-3-1-2-10(12(11)15)8-4-6-9(7-5-8)18-13(16)17/h1-7,13H. The molecule has 94 valence electrons. The highest BCUT2D eigenvalue weighted by Crippen LogP contribution is 2.34. The Labute approximate surface area is 113 Å². The minimum atomic E-state index is -2.83. The molecule has 0 radical (unpaired) electrons. The predicted octanol–water partition coefficient (Wildman–Crippen LogP) is 5.26. The molecule has 0 N–H and O–H groups in total. The summed E-state index contributed by atoms with van der Waals surface area (Å²) in [5, 5.41) is 0.878. The molecule has 0 aliphatic heterocycles. The summed E-state index contributed by atoms with van der Waals surface area (Å²) in [5.41, 5.74) is 1.52. The van der Waals surface area contributed by atoms with Crippen molar-refractivity contribution in [2.45, 2.75) is 6.61 Å². The average Bonchev–Trinajstić information content (AvgIpc) is 2.33. The highest BCUT2D eigenvalue weighted by atomic mass is 35.5. The van der Waals surface area contributed by atoms with Crippen molar-refractivity contribution in [1.29, 1.82) is 0 Å². The second-order valence-corrected chi connectivity index (χ2v) is 4.29. The van der Waals surface area contributed by atoms with Crippen LogP contribution >= 0.6 is 23.2 Å². The third-order valence-corrected chi connectivity index (χ3v) is 3.16. The van der Waals surface area contributed by atoms with Crippen molar-refractivity contribution in [3.8, 4) is 16.9 Å². The van der Waals surface area contributed by atoms with Crippen LogP contribution in [0.2, 0.25) is 10.0 Å². The second-order valence-electron chi connectivity index (χ2n) is 3.50. The van der Waals surface area contributed by atoms with E-state index in [1.807, 2.05) is 0 Å². The average molecular weight is 289 g/mol. The number of benzene rings is 2. The lowest BCUT2D eigenvalue weighted by Gasteiger charge is -2.08. The Hall–Kier alpha value is -1.32. The maximum absolute atomic E-state index is 12.0. The van der Waals surface area contributed by atoms with Crippen molar-refractivity contribution >= 4 is 23.2 Å². The summed E-state index contributed by atoms with van der Waals surface area (Å²) in [7, 11) is 0. The number of hydrogen-bond donors (Lipinski definition) is 0. The Kier molecular flexibility index (Phi) is 4.04. The molecule has 0 amide bonds. The number of ether oxygens (including phenoxy) is 1. The van der Waals surface area contributed by atoms with E-state index >= 15 is 0 Å². The van der Waals surface area contributed by atoms with E-state index in [-0.39, 0.29) is 5.75 Å². The van der Waals surface area contributed by atoms with Gasteiger partial charge < -0.3 is 4.74 Å². The second kappa shape index (κ2) is 5.55. The van der Waals surface area contributed by atoms with Crippen molar-refractivity contribution in [1.82, 2.24) is 0 Å². The van der Waals surface area contributed by atoms with Gasteiger partial charge in [-0.15, -0.1) is 0 Å². The molecule has 0 unspecified atom stereocenters. The zero-order valence-electron chi connectivity index (χ0n) is 9.04. The molecule has 2 aromatic carbocycles. The van der Waals surface area contributed by atoms with Crippen LogP contribution in [-0.2, 0) is 0 Å². The normalized spacial score (nSPS) is 10.7. The van der Waals surface area contributed by atoms with Gasteiger partial charge in [-0.2, -0.15) is 8.78 Å². The smallest absolute Gasteiger partial charge is 0.387 e. The van der Waals surface area contributed by atoms with E-state index in [9.17, 15) is 8.78 Å². The van der Waals surface area contributed by atoms with Gasteiger partial charge in [0, 0.05) is 5.56 Å². The van der Waals surface area contributed by atoms with E-state index in [0.717, 1.165) is 11.1 Å². The summed E-state index contributed by atoms with van der Waals surface area (Å²) in [6.07, 6.45) is 0. The first-order valence-electron chi connectivity index (χ1n) is 5.07. The van der Waals surface area contributed by atoms with E-state index < -0.39 is 6.61 Å². The van der Waals surface area contributed by atoms with Crippen molar-refractivity contribution < 1.29 is 13.5 Å². The summed E-state index contributed by atoms with van der Waals surface area (Å²) in [6.45, 7) is -2.83. The Morgan fingerprint density at radius 3 is 2.22 bits per heavy atom. The summed E-state index contributed by atoms with van der Waals surface area (Å²) in [6, 6.07) is 11.5. The van der Waals surface area contributed by atoms with Crippen LogP contribution in [0.25, 0.3) is 11.1 Å². The predicted molar refractivity (Wildman–Crippen MR) is 68.5 cm³/mol. The molecule has 0 spiro atoms. The van der Waals surface area contributed by atoms with Crippen LogP contribution in [0.3, 0.4) is 0 Å². The highest BCUT2D eigenvalue weighted by Gasteiger charge is 2.08. The monoisotopic (exact) mass is 288 g/mol. The molecule has 0 atom stereocenters. The zero-order chi connectivity index (χ0) is 13.1. The van der Waals surface area contributed by atoms with Crippen LogP contribution in [0.1, 0.15) is 0 Å². The third-order valence-electron chi connectivity index (χ3n) is 2.34. The van der Waals surface area contributed by atoms with Crippen molar-refractivity contribution in [3.63, 3.8) is 0 Å². The SMILES string of the molecule is FC(F)Oc1ccc(-c2cccc(Cl)c2Cl)cc1. The minimum Gasteiger partial charge on any atom is -0.435 e. The van der Waals surface area contributed by atoms with Crippen molar-refractivity contribution in [2.24, 2.45) is 0 Å². The van der Waals surface area contributed by atoms with Crippen LogP contribution in [-0.4, -0.2) is 6.61 Å². The number of rotatable bonds is 3. The quantitative estimate of drug-likeness (QED) is 0.748. The van der Waals surface area contributed by atoms with E-state index in [1.165, 1.54) is 12.1 Å². The van der Waals surface area contributed by atoms with E-state index in [0.29, 0.717) is 10.0 Å². The number of hydrogen-bond acceptors (Lipinski definition) is 1. The molecule has 0 aliphatic carbocycles. The first-order valence-corrected chi connectivity index (χ1v) is 5.83. The molecule has 5 heteroatoms. The Balaban J connectivity index is 2.32. The minimum absolute atomic E-state index is 0.104. The zero-order valence-corrected chi connectivity index (χ0v) is 10.6. The Bertz CT molecular complexity index is 541. The van der Waals surface area contributed by atoms with Gasteiger partial charge in [-0.25, -0.2) is 0 Å². The first kappa shape index (κ1) is 13.1. The van der Waals surface area contributed by atoms with Gasteiger partial charge in [0.25, 0.3) is 0 Å². The fourth-order valence-corrected chi connectivity index (χ4v) is 1.95. The van der Waals surface area contributed by atoms with Crippen LogP contribution in [0, 0.1) is 0 Å². The highest BCUT2D eigenvalue weighted by molar-refractivity contribution is 6.43. The van der Waals surface area contributed by atoms with Gasteiger partial charge in [0.15, 0.2) is 0 Å². The van der Waals surface area contributed by atoms with Gasteiger partial charge >= 0.3 is 6.61 Å². The summed E-state index contributed by atoms with van der Waals surface area (Å²) in [5.74, 6) is 0.104. The van der Waals surface area contributed by atoms with Crippen molar-refractivity contribution in [2.75, 3.05) is 0 Å². The molecule has 0 heterocycles. The lowest BCUT2D eigenvalue weighted by atomic mass is 10.1. The maximum Gasteiger partial charge on any atom is 0.387 e. The molecule has 18 heavy (non-hydrogen) atoms. The Morgan fingerprint density at radius 2 is 1.61 bits per heavy atom. The molecule has 1 nitrogen and oxygen atoms in total. The van der Waals surface area contributed by atoms with E-state index in [2.05, 4.69) is 4.74 Å². The molecule has 0 aromatic heterocycles. The molecule has 0 bridgehead atoms. The lowest BCUT2D eigenvalue weighted by Crippen LogP contribution is -2.01. The van der Waals surface area contributed by atoms with Crippen LogP contribution in [0.4, 0.5) is 8.78 Å². The lowest BCUT2D eigenvalue weighted by molar-refractivity contribution is -0.0498. The van der Waals surface area contributed by atoms with Gasteiger partial charge in [0.05, 0.1) is 10.0 Å². The molecule has 0 saturated carbocycles. The number of alkyl halides is 2. The summed E-state index contributed by atoms with van der Waals surface area (Å²) >= 11 is 12.0. The largest absolute Gasteiger partial charge is 0.435 e.